The molecule has 0 saturated carbocycles. The number of benzene rings is 3. The average Bonchev–Trinajstić information content (AvgIpc) is 3.01. The molecule has 1 aromatic heterocycles. The standard InChI is InChI=1S/C23H19N2S/c1-3-26-23-24-21-10-6-7-11-22(21)25(23)16-18-12-14-19(15-13-18)20-9-5-4-8-17(20)2/h4-15H,3,16H2,1H3. The molecule has 4 rings (SSSR count). The molecule has 0 aliphatic heterocycles. The second-order valence-corrected chi connectivity index (χ2v) is 7.38. The minimum Gasteiger partial charge on any atom is -0.314 e. The maximum absolute atomic E-state index is 8.07. The van der Waals surface area contributed by atoms with E-state index in [-0.39, 0.29) is 0 Å². The Labute approximate surface area is 158 Å². The monoisotopic (exact) mass is 355 g/mol. The molecule has 0 spiro atoms. The number of thioether (sulfide) groups is 1. The molecule has 0 aliphatic carbocycles. The number of hydrogen-bond donors (Lipinski definition) is 0. The second kappa shape index (κ2) is 7.38. The summed E-state index contributed by atoms with van der Waals surface area (Å²) in [6.07, 6.45) is 0. The zero-order chi connectivity index (χ0) is 17.9. The smallest absolute Gasteiger partial charge is 0.169 e. The van der Waals surface area contributed by atoms with E-state index in [2.05, 4.69) is 54.0 Å². The van der Waals surface area contributed by atoms with Crippen LogP contribution in [-0.2, 0) is 6.54 Å². The lowest BCUT2D eigenvalue weighted by Crippen LogP contribution is -2.01. The van der Waals surface area contributed by atoms with Gasteiger partial charge in [-0.2, -0.15) is 0 Å². The second-order valence-electron chi connectivity index (χ2n) is 6.14. The van der Waals surface area contributed by atoms with Crippen molar-refractivity contribution in [2.75, 3.05) is 5.75 Å². The molecule has 0 N–H and O–H groups in total. The molecule has 0 unspecified atom stereocenters. The molecule has 4 aromatic rings. The first kappa shape index (κ1) is 16.9. The number of hydrogen-bond acceptors (Lipinski definition) is 2. The molecule has 0 bridgehead atoms. The van der Waals surface area contributed by atoms with Crippen LogP contribution in [0.25, 0.3) is 22.2 Å². The van der Waals surface area contributed by atoms with Gasteiger partial charge in [-0.1, -0.05) is 79.3 Å². The average molecular weight is 355 g/mol. The van der Waals surface area contributed by atoms with Crippen LogP contribution < -0.4 is 0 Å². The van der Waals surface area contributed by atoms with Crippen LogP contribution in [0.3, 0.4) is 0 Å². The van der Waals surface area contributed by atoms with E-state index in [4.69, 9.17) is 11.9 Å². The van der Waals surface area contributed by atoms with Gasteiger partial charge in [0.2, 0.25) is 0 Å². The highest BCUT2D eigenvalue weighted by atomic mass is 32.2. The van der Waals surface area contributed by atoms with Gasteiger partial charge in [0.25, 0.3) is 0 Å². The molecule has 127 valence electrons. The van der Waals surface area contributed by atoms with Gasteiger partial charge in [-0.3, -0.25) is 0 Å². The summed E-state index contributed by atoms with van der Waals surface area (Å²) in [5.74, 6) is 1.00. The van der Waals surface area contributed by atoms with Crippen molar-refractivity contribution in [3.05, 3.63) is 90.8 Å². The van der Waals surface area contributed by atoms with Gasteiger partial charge in [0, 0.05) is 6.92 Å². The highest BCUT2D eigenvalue weighted by Crippen LogP contribution is 2.27. The first-order valence-electron chi connectivity index (χ1n) is 8.74. The lowest BCUT2D eigenvalue weighted by Gasteiger charge is -2.10. The highest BCUT2D eigenvalue weighted by Gasteiger charge is 2.11. The fourth-order valence-corrected chi connectivity index (χ4v) is 3.89. The lowest BCUT2D eigenvalue weighted by molar-refractivity contribution is 0.731. The first-order valence-corrected chi connectivity index (χ1v) is 9.73. The van der Waals surface area contributed by atoms with Crippen molar-refractivity contribution in [3.63, 3.8) is 0 Å². The number of imidazole rings is 1. The van der Waals surface area contributed by atoms with Crippen molar-refractivity contribution in [2.24, 2.45) is 0 Å². The van der Waals surface area contributed by atoms with Gasteiger partial charge >= 0.3 is 0 Å². The molecule has 0 amide bonds. The minimum absolute atomic E-state index is 0.558. The topological polar surface area (TPSA) is 17.8 Å². The molecule has 0 fully saturated rings. The largest absolute Gasteiger partial charge is 0.314 e. The van der Waals surface area contributed by atoms with E-state index >= 15 is 0 Å². The van der Waals surface area contributed by atoms with Crippen LogP contribution in [0.15, 0.2) is 78.0 Å². The van der Waals surface area contributed by atoms with Crippen LogP contribution in [-0.4, -0.2) is 15.3 Å². The molecule has 0 atom stereocenters. The molecule has 3 heteroatoms. The Morgan fingerprint density at radius 1 is 0.923 bits per heavy atom. The quantitative estimate of drug-likeness (QED) is 0.421. The Bertz CT molecular complexity index is 1030. The van der Waals surface area contributed by atoms with Gasteiger partial charge in [-0.15, -0.1) is 0 Å². The molecule has 0 aliphatic rings. The van der Waals surface area contributed by atoms with E-state index in [9.17, 15) is 0 Å². The maximum atomic E-state index is 8.07. The number of nitrogens with zero attached hydrogens (tertiary/aromatic N) is 2. The SMILES string of the molecule is [C]c1ccccc1-c1ccc(Cn2c(SCC)nc3ccccc32)cc1. The predicted molar refractivity (Wildman–Crippen MR) is 109 cm³/mol. The summed E-state index contributed by atoms with van der Waals surface area (Å²) in [6, 6.07) is 24.5. The summed E-state index contributed by atoms with van der Waals surface area (Å²) in [5.41, 5.74) is 6.05. The van der Waals surface area contributed by atoms with Crippen molar-refractivity contribution in [3.8, 4) is 11.1 Å². The van der Waals surface area contributed by atoms with E-state index in [1.54, 1.807) is 11.8 Å². The normalized spacial score (nSPS) is 11.2. The van der Waals surface area contributed by atoms with Gasteiger partial charge in [0.05, 0.1) is 17.6 Å². The third kappa shape index (κ3) is 3.27. The number of rotatable bonds is 5. The summed E-state index contributed by atoms with van der Waals surface area (Å²) in [5, 5.41) is 1.06. The zero-order valence-corrected chi connectivity index (χ0v) is 15.5. The number of para-hydroxylation sites is 2. The summed E-state index contributed by atoms with van der Waals surface area (Å²) in [7, 11) is 0. The van der Waals surface area contributed by atoms with Crippen LogP contribution in [0, 0.1) is 6.92 Å². The molecule has 2 nitrogen and oxygen atoms in total. The number of fused-ring (bicyclic) bond motifs is 1. The lowest BCUT2D eigenvalue weighted by atomic mass is 10.00. The Kier molecular flexibility index (Phi) is 4.81. The van der Waals surface area contributed by atoms with Crippen LogP contribution in [0.2, 0.25) is 0 Å². The molecular formula is C23H19N2S. The van der Waals surface area contributed by atoms with Gasteiger partial charge in [0.1, 0.15) is 0 Å². The van der Waals surface area contributed by atoms with Gasteiger partial charge < -0.3 is 4.57 Å². The first-order chi connectivity index (χ1) is 12.8. The zero-order valence-electron chi connectivity index (χ0n) is 14.6. The van der Waals surface area contributed by atoms with Crippen molar-refractivity contribution in [1.29, 1.82) is 0 Å². The van der Waals surface area contributed by atoms with Crippen molar-refractivity contribution >= 4 is 22.8 Å². The predicted octanol–water partition coefficient (Wildman–Crippen LogP) is 5.80. The molecule has 1 heterocycles. The summed E-state index contributed by atoms with van der Waals surface area (Å²) < 4.78 is 2.29. The van der Waals surface area contributed by atoms with Crippen molar-refractivity contribution in [1.82, 2.24) is 9.55 Å². The summed E-state index contributed by atoms with van der Waals surface area (Å²) in [6.45, 7) is 11.0. The molecule has 26 heavy (non-hydrogen) atoms. The van der Waals surface area contributed by atoms with E-state index < -0.39 is 0 Å². The molecule has 3 aromatic carbocycles. The third-order valence-electron chi connectivity index (χ3n) is 4.43. The van der Waals surface area contributed by atoms with E-state index in [0.29, 0.717) is 5.56 Å². The summed E-state index contributed by atoms with van der Waals surface area (Å²) >= 11 is 1.78. The highest BCUT2D eigenvalue weighted by molar-refractivity contribution is 7.99. The van der Waals surface area contributed by atoms with Crippen LogP contribution in [0.5, 0.6) is 0 Å². The van der Waals surface area contributed by atoms with Gasteiger partial charge in [-0.05, 0) is 40.1 Å². The van der Waals surface area contributed by atoms with E-state index in [0.717, 1.165) is 34.1 Å². The van der Waals surface area contributed by atoms with Gasteiger partial charge in [-0.25, -0.2) is 4.98 Å². The maximum Gasteiger partial charge on any atom is 0.169 e. The summed E-state index contributed by atoms with van der Waals surface area (Å²) in [4.78, 5) is 4.78. The van der Waals surface area contributed by atoms with Crippen molar-refractivity contribution < 1.29 is 0 Å². The fraction of sp³-hybridized carbons (Fsp3) is 0.130. The Hall–Kier alpha value is -2.52. The molecule has 3 radical (unpaired) electrons. The van der Waals surface area contributed by atoms with Gasteiger partial charge in [0.15, 0.2) is 5.16 Å². The van der Waals surface area contributed by atoms with Crippen LogP contribution in [0.1, 0.15) is 18.1 Å². The van der Waals surface area contributed by atoms with Crippen molar-refractivity contribution in [2.45, 2.75) is 18.6 Å². The van der Waals surface area contributed by atoms with E-state index in [1.807, 2.05) is 30.3 Å². The molecule has 0 saturated heterocycles. The Morgan fingerprint density at radius 3 is 2.42 bits per heavy atom. The van der Waals surface area contributed by atoms with Crippen LogP contribution >= 0.6 is 11.8 Å². The van der Waals surface area contributed by atoms with Crippen LogP contribution in [0.4, 0.5) is 0 Å². The Balaban J connectivity index is 1.67. The van der Waals surface area contributed by atoms with E-state index in [1.165, 1.54) is 11.1 Å². The fourth-order valence-electron chi connectivity index (χ4n) is 3.15. The Morgan fingerprint density at radius 2 is 1.65 bits per heavy atom. The minimum atomic E-state index is 0.558. The third-order valence-corrected chi connectivity index (χ3v) is 5.28. The molecular weight excluding hydrogens is 336 g/mol. The number of aromatic nitrogens is 2.